The van der Waals surface area contributed by atoms with Gasteiger partial charge in [-0.3, -0.25) is 4.79 Å². The number of nitrogens with zero attached hydrogens (tertiary/aromatic N) is 1. The van der Waals surface area contributed by atoms with Crippen LogP contribution < -0.4 is 0 Å². The topological polar surface area (TPSA) is 49.8 Å². The lowest BCUT2D eigenvalue weighted by molar-refractivity contribution is -0.174. The van der Waals surface area contributed by atoms with E-state index in [0.717, 1.165) is 13.0 Å². The van der Waals surface area contributed by atoms with Gasteiger partial charge in [-0.2, -0.15) is 5.06 Å². The second-order valence-electron chi connectivity index (χ2n) is 6.64. The Kier molecular flexibility index (Phi) is 3.77. The van der Waals surface area contributed by atoms with Gasteiger partial charge in [0.15, 0.2) is 0 Å². The molecule has 4 nitrogen and oxygen atoms in total. The fourth-order valence-electron chi connectivity index (χ4n) is 1.71. The first-order valence-electron chi connectivity index (χ1n) is 6.21. The molecule has 0 aromatic rings. The maximum atomic E-state index is 11.4. The van der Waals surface area contributed by atoms with E-state index in [1.165, 1.54) is 0 Å². The van der Waals surface area contributed by atoms with Crippen LogP contribution in [-0.2, 0) is 9.32 Å². The average molecular weight is 259 g/mol. The lowest BCUT2D eigenvalue weighted by Crippen LogP contribution is -2.55. The van der Waals surface area contributed by atoms with Gasteiger partial charge in [-0.15, -0.1) is 0 Å². The highest BCUT2D eigenvalue weighted by atomic mass is 28.4. The largest absolute Gasteiger partial charge is 0.480 e. The Morgan fingerprint density at radius 1 is 1.41 bits per heavy atom. The predicted molar refractivity (Wildman–Crippen MR) is 70.3 cm³/mol. The summed E-state index contributed by atoms with van der Waals surface area (Å²) >= 11 is 0. The molecule has 1 fully saturated rings. The van der Waals surface area contributed by atoms with Crippen molar-refractivity contribution in [2.24, 2.45) is 0 Å². The van der Waals surface area contributed by atoms with Crippen molar-refractivity contribution in [2.75, 3.05) is 6.54 Å². The summed E-state index contributed by atoms with van der Waals surface area (Å²) in [4.78, 5) is 11.4. The van der Waals surface area contributed by atoms with Crippen LogP contribution in [0.15, 0.2) is 0 Å². The highest BCUT2D eigenvalue weighted by Crippen LogP contribution is 2.40. The molecule has 1 rings (SSSR count). The molecule has 0 amide bonds. The van der Waals surface area contributed by atoms with Crippen LogP contribution in [0.2, 0.25) is 18.1 Å². The molecule has 1 aliphatic rings. The number of rotatable bonds is 3. The Morgan fingerprint density at radius 2 is 1.94 bits per heavy atom. The van der Waals surface area contributed by atoms with Crippen LogP contribution in [-0.4, -0.2) is 36.5 Å². The van der Waals surface area contributed by atoms with Gasteiger partial charge in [0.25, 0.3) is 0 Å². The van der Waals surface area contributed by atoms with E-state index < -0.39 is 19.8 Å². The number of aliphatic carboxylic acids is 1. The van der Waals surface area contributed by atoms with Gasteiger partial charge in [-0.05, 0) is 37.9 Å². The van der Waals surface area contributed by atoms with E-state index >= 15 is 0 Å². The Balaban J connectivity index is 2.85. The van der Waals surface area contributed by atoms with Gasteiger partial charge in [-0.25, -0.2) is 0 Å². The maximum Gasteiger partial charge on any atom is 0.326 e. The summed E-state index contributed by atoms with van der Waals surface area (Å²) in [6, 6.07) is 0. The Morgan fingerprint density at radius 3 is 2.35 bits per heavy atom. The lowest BCUT2D eigenvalue weighted by Gasteiger charge is -2.42. The minimum absolute atomic E-state index is 0.0923. The summed E-state index contributed by atoms with van der Waals surface area (Å²) < 4.78 is 6.13. The monoisotopic (exact) mass is 259 g/mol. The molecule has 1 N–H and O–H groups in total. The maximum absolute atomic E-state index is 11.4. The summed E-state index contributed by atoms with van der Waals surface area (Å²) in [6.45, 7) is 13.3. The zero-order chi connectivity index (χ0) is 13.5. The van der Waals surface area contributed by atoms with Crippen LogP contribution in [0.1, 0.15) is 40.5 Å². The predicted octanol–water partition coefficient (Wildman–Crippen LogP) is 2.86. The molecule has 17 heavy (non-hydrogen) atoms. The van der Waals surface area contributed by atoms with E-state index in [1.54, 1.807) is 12.0 Å². The van der Waals surface area contributed by atoms with Gasteiger partial charge in [0.1, 0.15) is 5.54 Å². The van der Waals surface area contributed by atoms with E-state index in [9.17, 15) is 9.90 Å². The van der Waals surface area contributed by atoms with E-state index in [-0.39, 0.29) is 5.04 Å². The highest BCUT2D eigenvalue weighted by molar-refractivity contribution is 6.74. The smallest absolute Gasteiger partial charge is 0.326 e. The molecule has 0 aromatic carbocycles. The van der Waals surface area contributed by atoms with Gasteiger partial charge < -0.3 is 9.63 Å². The second kappa shape index (κ2) is 4.37. The molecule has 1 aliphatic heterocycles. The van der Waals surface area contributed by atoms with E-state index in [4.69, 9.17) is 4.53 Å². The first kappa shape index (κ1) is 14.7. The van der Waals surface area contributed by atoms with Crippen LogP contribution in [0.5, 0.6) is 0 Å². The van der Waals surface area contributed by atoms with Crippen molar-refractivity contribution in [1.82, 2.24) is 5.06 Å². The number of hydroxylamine groups is 2. The summed E-state index contributed by atoms with van der Waals surface area (Å²) in [5, 5.41) is 11.1. The van der Waals surface area contributed by atoms with Crippen molar-refractivity contribution in [2.45, 2.75) is 64.2 Å². The number of hydrogen-bond acceptors (Lipinski definition) is 3. The minimum Gasteiger partial charge on any atom is -0.480 e. The van der Waals surface area contributed by atoms with E-state index in [0.29, 0.717) is 6.42 Å². The molecule has 1 saturated heterocycles. The number of carboxylic acid groups (broad SMARTS) is 1. The molecule has 0 spiro atoms. The number of carboxylic acids is 1. The standard InChI is InChI=1S/C12H25NO3Si/c1-11(2,3)17(5,6)16-13-9-7-8-12(13,4)10(14)15/h7-9H2,1-6H3,(H,14,15)/t12-/m0/s1. The molecule has 5 heteroatoms. The molecule has 0 unspecified atom stereocenters. The molecule has 0 saturated carbocycles. The van der Waals surface area contributed by atoms with Crippen LogP contribution in [0.3, 0.4) is 0 Å². The molecule has 1 heterocycles. The molecule has 100 valence electrons. The van der Waals surface area contributed by atoms with Crippen molar-refractivity contribution in [1.29, 1.82) is 0 Å². The molecule has 0 aromatic heterocycles. The molecule has 0 radical (unpaired) electrons. The van der Waals surface area contributed by atoms with Gasteiger partial charge in [0.2, 0.25) is 8.32 Å². The van der Waals surface area contributed by atoms with Crippen molar-refractivity contribution >= 4 is 14.3 Å². The van der Waals surface area contributed by atoms with E-state index in [2.05, 4.69) is 33.9 Å². The SMILES string of the molecule is CC(C)(C)[Si](C)(C)ON1CCC[C@@]1(C)C(=O)O. The average Bonchev–Trinajstić information content (AvgIpc) is 2.46. The Bertz CT molecular complexity index is 311. The van der Waals surface area contributed by atoms with Crippen molar-refractivity contribution < 1.29 is 14.4 Å². The Hall–Kier alpha value is -0.393. The van der Waals surface area contributed by atoms with Crippen molar-refractivity contribution in [3.8, 4) is 0 Å². The van der Waals surface area contributed by atoms with Gasteiger partial charge >= 0.3 is 5.97 Å². The fourth-order valence-corrected chi connectivity index (χ4v) is 2.83. The zero-order valence-corrected chi connectivity index (χ0v) is 12.8. The van der Waals surface area contributed by atoms with Crippen LogP contribution in [0, 0.1) is 0 Å². The molecular weight excluding hydrogens is 234 g/mol. The third-order valence-corrected chi connectivity index (χ3v) is 8.47. The fraction of sp³-hybridized carbons (Fsp3) is 0.917. The molecule has 1 atom stereocenters. The van der Waals surface area contributed by atoms with Gasteiger partial charge in [0.05, 0.1) is 0 Å². The Labute approximate surface area is 105 Å². The number of hydrogen-bond donors (Lipinski definition) is 1. The summed E-state index contributed by atoms with van der Waals surface area (Å²) in [5.41, 5.74) is -0.852. The third kappa shape index (κ3) is 2.72. The van der Waals surface area contributed by atoms with Crippen molar-refractivity contribution in [3.05, 3.63) is 0 Å². The second-order valence-corrected chi connectivity index (χ2v) is 11.3. The molecule has 0 bridgehead atoms. The van der Waals surface area contributed by atoms with Crippen LogP contribution in [0.4, 0.5) is 0 Å². The normalized spacial score (nSPS) is 27.4. The van der Waals surface area contributed by atoms with Crippen LogP contribution >= 0.6 is 0 Å². The van der Waals surface area contributed by atoms with Gasteiger partial charge in [0, 0.05) is 6.54 Å². The quantitative estimate of drug-likeness (QED) is 0.792. The van der Waals surface area contributed by atoms with Gasteiger partial charge in [-0.1, -0.05) is 20.8 Å². The van der Waals surface area contributed by atoms with Crippen LogP contribution in [0.25, 0.3) is 0 Å². The number of carbonyl (C=O) groups is 1. The van der Waals surface area contributed by atoms with E-state index in [1.807, 2.05) is 0 Å². The summed E-state index contributed by atoms with van der Waals surface area (Å²) in [6.07, 6.45) is 1.55. The molecule has 0 aliphatic carbocycles. The van der Waals surface area contributed by atoms with Crippen molar-refractivity contribution in [3.63, 3.8) is 0 Å². The zero-order valence-electron chi connectivity index (χ0n) is 11.8. The summed E-state index contributed by atoms with van der Waals surface area (Å²) in [5.74, 6) is -0.784. The third-order valence-electron chi connectivity index (χ3n) is 4.18. The highest BCUT2D eigenvalue weighted by Gasteiger charge is 2.49. The first-order chi connectivity index (χ1) is 7.51. The minimum atomic E-state index is -1.94. The summed E-state index contributed by atoms with van der Waals surface area (Å²) in [7, 11) is -1.94. The first-order valence-corrected chi connectivity index (χ1v) is 9.12. The lowest BCUT2D eigenvalue weighted by atomic mass is 10.0. The molecular formula is C12H25NO3Si.